The van der Waals surface area contributed by atoms with Crippen LogP contribution in [0.15, 0.2) is 42.5 Å². The van der Waals surface area contributed by atoms with Crippen LogP contribution >= 0.6 is 0 Å². The predicted molar refractivity (Wildman–Crippen MR) is 108 cm³/mol. The highest BCUT2D eigenvalue weighted by molar-refractivity contribution is 6.01. The smallest absolute Gasteiger partial charge is 0.258 e. The number of carbonyl (C=O) groups excluding carboxylic acids is 1. The Kier molecular flexibility index (Phi) is 5.89. The van der Waals surface area contributed by atoms with Gasteiger partial charge in [0.2, 0.25) is 0 Å². The molecule has 0 fully saturated rings. The molecule has 1 aliphatic heterocycles. The van der Waals surface area contributed by atoms with Gasteiger partial charge in [0.25, 0.3) is 5.91 Å². The van der Waals surface area contributed by atoms with Gasteiger partial charge in [0.15, 0.2) is 11.5 Å². The average molecular weight is 368 g/mol. The van der Waals surface area contributed by atoms with Gasteiger partial charge in [-0.25, -0.2) is 0 Å². The van der Waals surface area contributed by atoms with Crippen molar-refractivity contribution in [1.29, 1.82) is 0 Å². The number of para-hydroxylation sites is 1. The third-order valence-electron chi connectivity index (χ3n) is 4.99. The summed E-state index contributed by atoms with van der Waals surface area (Å²) in [5.74, 6) is 1.45. The van der Waals surface area contributed by atoms with E-state index < -0.39 is 0 Å². The number of nitrogens with one attached hydrogen (secondary N) is 1. The Hall–Kier alpha value is -2.69. The van der Waals surface area contributed by atoms with Crippen LogP contribution in [0.2, 0.25) is 0 Å². The highest BCUT2D eigenvalue weighted by atomic mass is 16.5. The molecule has 0 bridgehead atoms. The van der Waals surface area contributed by atoms with Gasteiger partial charge in [-0.2, -0.15) is 0 Å². The molecule has 1 N–H and O–H groups in total. The molecule has 1 amide bonds. The Labute approximate surface area is 161 Å². The molecule has 0 radical (unpaired) electrons. The number of rotatable bonds is 7. The van der Waals surface area contributed by atoms with Crippen molar-refractivity contribution in [1.82, 2.24) is 4.90 Å². The van der Waals surface area contributed by atoms with Gasteiger partial charge in [0.05, 0.1) is 19.3 Å². The van der Waals surface area contributed by atoms with E-state index in [2.05, 4.69) is 26.1 Å². The van der Waals surface area contributed by atoms with E-state index in [0.717, 1.165) is 24.1 Å². The fourth-order valence-corrected chi connectivity index (χ4v) is 3.35. The second-order valence-corrected chi connectivity index (χ2v) is 6.82. The fourth-order valence-electron chi connectivity index (χ4n) is 3.35. The van der Waals surface area contributed by atoms with E-state index in [1.54, 1.807) is 7.11 Å². The van der Waals surface area contributed by atoms with Crippen LogP contribution in [0.5, 0.6) is 11.5 Å². The lowest BCUT2D eigenvalue weighted by Crippen LogP contribution is -2.47. The second-order valence-electron chi connectivity index (χ2n) is 6.82. The Bertz CT molecular complexity index is 806. The average Bonchev–Trinajstić information content (AvgIpc) is 2.71. The number of carbonyl (C=O) groups is 1. The number of benzene rings is 2. The number of fused-ring (bicyclic) bond motifs is 1. The molecule has 0 saturated heterocycles. The molecular weight excluding hydrogens is 340 g/mol. The number of methoxy groups -OCH3 is 1. The first-order chi connectivity index (χ1) is 13.1. The molecule has 0 unspecified atom stereocenters. The first-order valence-electron chi connectivity index (χ1n) is 9.59. The molecule has 0 aliphatic carbocycles. The summed E-state index contributed by atoms with van der Waals surface area (Å²) >= 11 is 0. The Morgan fingerprint density at radius 3 is 2.63 bits per heavy atom. The van der Waals surface area contributed by atoms with Gasteiger partial charge >= 0.3 is 0 Å². The summed E-state index contributed by atoms with van der Waals surface area (Å²) in [6.07, 6.45) is 1.54. The van der Waals surface area contributed by atoms with Crippen LogP contribution in [0.25, 0.3) is 0 Å². The minimum absolute atomic E-state index is 0.0514. The lowest BCUT2D eigenvalue weighted by atomic mass is 10.0. The summed E-state index contributed by atoms with van der Waals surface area (Å²) in [6, 6.07) is 13.6. The van der Waals surface area contributed by atoms with Crippen molar-refractivity contribution in [2.45, 2.75) is 45.8 Å². The van der Waals surface area contributed by atoms with E-state index in [9.17, 15) is 4.79 Å². The zero-order valence-electron chi connectivity index (χ0n) is 16.5. The fraction of sp³-hybridized carbons (Fsp3) is 0.409. The van der Waals surface area contributed by atoms with Crippen LogP contribution in [0.1, 0.15) is 55.7 Å². The topological polar surface area (TPSA) is 50.8 Å². The summed E-state index contributed by atoms with van der Waals surface area (Å²) in [5, 5.41) is 3.54. The van der Waals surface area contributed by atoms with E-state index in [1.165, 1.54) is 0 Å². The van der Waals surface area contributed by atoms with E-state index in [0.29, 0.717) is 23.7 Å². The molecule has 0 aromatic heterocycles. The van der Waals surface area contributed by atoms with Gasteiger partial charge < -0.3 is 19.7 Å². The Morgan fingerprint density at radius 2 is 1.93 bits per heavy atom. The van der Waals surface area contributed by atoms with E-state index in [-0.39, 0.29) is 18.1 Å². The molecule has 5 nitrogen and oxygen atoms in total. The van der Waals surface area contributed by atoms with Crippen molar-refractivity contribution in [2.24, 2.45) is 0 Å². The molecule has 5 heteroatoms. The summed E-state index contributed by atoms with van der Waals surface area (Å²) in [7, 11) is 1.64. The molecule has 0 saturated carbocycles. The summed E-state index contributed by atoms with van der Waals surface area (Å²) in [6.45, 7) is 6.87. The second kappa shape index (κ2) is 8.33. The third kappa shape index (κ3) is 3.72. The highest BCUT2D eigenvalue weighted by Gasteiger charge is 2.35. The molecule has 2 aromatic rings. The van der Waals surface area contributed by atoms with Crippen molar-refractivity contribution in [2.75, 3.05) is 19.0 Å². The van der Waals surface area contributed by atoms with Gasteiger partial charge in [-0.15, -0.1) is 0 Å². The van der Waals surface area contributed by atoms with E-state index in [4.69, 9.17) is 9.47 Å². The Morgan fingerprint density at radius 1 is 1.15 bits per heavy atom. The largest absolute Gasteiger partial charge is 0.493 e. The number of hydrogen-bond acceptors (Lipinski definition) is 4. The zero-order valence-corrected chi connectivity index (χ0v) is 16.5. The SMILES string of the molecule is CCCOc1cc([C@H]2Nc3ccccc3C(=O)N2[C@@H](C)CC)ccc1OC. The molecular formula is C22H28N2O3. The number of anilines is 1. The first-order valence-corrected chi connectivity index (χ1v) is 9.59. The standard InChI is InChI=1S/C22H28N2O3/c1-5-13-27-20-14-16(11-12-19(20)26-4)21-23-18-10-8-7-9-17(18)22(25)24(21)15(3)6-2/h7-12,14-15,21,23H,5-6,13H2,1-4H3/t15-,21-/m0/s1. The first kappa shape index (κ1) is 19.1. The monoisotopic (exact) mass is 368 g/mol. The Balaban J connectivity index is 2.04. The minimum atomic E-state index is -0.253. The lowest BCUT2D eigenvalue weighted by molar-refractivity contribution is 0.0593. The van der Waals surface area contributed by atoms with E-state index in [1.807, 2.05) is 47.4 Å². The van der Waals surface area contributed by atoms with Crippen molar-refractivity contribution >= 4 is 11.6 Å². The maximum atomic E-state index is 13.2. The molecule has 2 atom stereocenters. The van der Waals surface area contributed by atoms with Crippen molar-refractivity contribution < 1.29 is 14.3 Å². The predicted octanol–water partition coefficient (Wildman–Crippen LogP) is 4.85. The van der Waals surface area contributed by atoms with Gasteiger partial charge in [0, 0.05) is 11.7 Å². The van der Waals surface area contributed by atoms with Gasteiger partial charge in [-0.1, -0.05) is 32.0 Å². The molecule has 144 valence electrons. The molecule has 1 aliphatic rings. The number of amides is 1. The molecule has 2 aromatic carbocycles. The minimum Gasteiger partial charge on any atom is -0.493 e. The van der Waals surface area contributed by atoms with Gasteiger partial charge in [-0.05, 0) is 49.6 Å². The van der Waals surface area contributed by atoms with Crippen LogP contribution in [-0.2, 0) is 0 Å². The van der Waals surface area contributed by atoms with Crippen molar-refractivity contribution in [3.05, 3.63) is 53.6 Å². The van der Waals surface area contributed by atoms with Crippen LogP contribution < -0.4 is 14.8 Å². The van der Waals surface area contributed by atoms with Crippen LogP contribution in [0.3, 0.4) is 0 Å². The van der Waals surface area contributed by atoms with Crippen LogP contribution in [-0.4, -0.2) is 30.6 Å². The number of hydrogen-bond donors (Lipinski definition) is 1. The van der Waals surface area contributed by atoms with Crippen molar-refractivity contribution in [3.63, 3.8) is 0 Å². The molecule has 1 heterocycles. The molecule has 0 spiro atoms. The summed E-state index contributed by atoms with van der Waals surface area (Å²) < 4.78 is 11.3. The summed E-state index contributed by atoms with van der Waals surface area (Å²) in [5.41, 5.74) is 2.55. The number of ether oxygens (including phenoxy) is 2. The molecule has 27 heavy (non-hydrogen) atoms. The normalized spacial score (nSPS) is 17.1. The highest BCUT2D eigenvalue weighted by Crippen LogP contribution is 2.38. The molecule has 3 rings (SSSR count). The third-order valence-corrected chi connectivity index (χ3v) is 4.99. The quantitative estimate of drug-likeness (QED) is 0.759. The van der Waals surface area contributed by atoms with Gasteiger partial charge in [0.1, 0.15) is 6.17 Å². The summed E-state index contributed by atoms with van der Waals surface area (Å²) in [4.78, 5) is 15.1. The maximum absolute atomic E-state index is 13.2. The lowest BCUT2D eigenvalue weighted by Gasteiger charge is -2.41. The van der Waals surface area contributed by atoms with E-state index >= 15 is 0 Å². The number of nitrogens with zero attached hydrogens (tertiary/aromatic N) is 1. The van der Waals surface area contributed by atoms with Crippen LogP contribution in [0, 0.1) is 0 Å². The van der Waals surface area contributed by atoms with Crippen molar-refractivity contribution in [3.8, 4) is 11.5 Å². The zero-order chi connectivity index (χ0) is 19.4. The van der Waals surface area contributed by atoms with Crippen LogP contribution in [0.4, 0.5) is 5.69 Å². The van der Waals surface area contributed by atoms with Gasteiger partial charge in [-0.3, -0.25) is 4.79 Å². The maximum Gasteiger partial charge on any atom is 0.258 e.